The third kappa shape index (κ3) is 2.89. The normalized spacial score (nSPS) is 10.5. The second-order valence-electron chi connectivity index (χ2n) is 4.19. The molecule has 0 spiro atoms. The molecular formula is C13H10N6O2. The highest BCUT2D eigenvalue weighted by Gasteiger charge is 2.08. The van der Waals surface area contributed by atoms with Crippen LogP contribution < -0.4 is 0 Å². The smallest absolute Gasteiger partial charge is 0.335 e. The number of carboxylic acid groups (broad SMARTS) is 1. The summed E-state index contributed by atoms with van der Waals surface area (Å²) < 4.78 is 1.60. The fourth-order valence-electron chi connectivity index (χ4n) is 1.78. The Morgan fingerprint density at radius 2 is 2.05 bits per heavy atom. The van der Waals surface area contributed by atoms with E-state index in [1.165, 1.54) is 24.7 Å². The van der Waals surface area contributed by atoms with Crippen LogP contribution in [-0.4, -0.2) is 40.8 Å². The lowest BCUT2D eigenvalue weighted by Crippen LogP contribution is -2.05. The largest absolute Gasteiger partial charge is 0.478 e. The Hall–Kier alpha value is -3.16. The molecule has 0 atom stereocenters. The number of carboxylic acids is 1. The average Bonchev–Trinajstić information content (AvgIpc) is 3.00. The maximum absolute atomic E-state index is 11.0. The zero-order chi connectivity index (χ0) is 14.7. The van der Waals surface area contributed by atoms with Crippen LogP contribution in [0.25, 0.3) is 11.4 Å². The first-order chi connectivity index (χ1) is 10.2. The average molecular weight is 282 g/mol. The highest BCUT2D eigenvalue weighted by molar-refractivity contribution is 5.88. The van der Waals surface area contributed by atoms with Crippen LogP contribution in [-0.2, 0) is 6.54 Å². The van der Waals surface area contributed by atoms with Crippen LogP contribution in [0, 0.1) is 0 Å². The van der Waals surface area contributed by atoms with Gasteiger partial charge in [0.2, 0.25) is 0 Å². The highest BCUT2D eigenvalue weighted by Crippen LogP contribution is 2.15. The van der Waals surface area contributed by atoms with E-state index in [9.17, 15) is 4.79 Å². The number of pyridine rings is 1. The Balaban J connectivity index is 1.92. The van der Waals surface area contributed by atoms with Crippen LogP contribution in [0.4, 0.5) is 0 Å². The molecular weight excluding hydrogens is 272 g/mol. The van der Waals surface area contributed by atoms with Crippen LogP contribution in [0.5, 0.6) is 0 Å². The van der Waals surface area contributed by atoms with Crippen molar-refractivity contribution in [3.05, 3.63) is 54.6 Å². The Labute approximate surface area is 119 Å². The standard InChI is InChI=1S/C13H10N6O2/c20-13(21)9-1-3-15-11(5-9)10-2-4-16-12(18-10)6-19-8-14-7-17-19/h1-5,7-8H,6H2,(H,20,21). The fraction of sp³-hybridized carbons (Fsp3) is 0.0769. The summed E-state index contributed by atoms with van der Waals surface area (Å²) in [6.45, 7) is 0.381. The predicted molar refractivity (Wildman–Crippen MR) is 71.3 cm³/mol. The molecule has 0 amide bonds. The molecule has 104 valence electrons. The Kier molecular flexibility index (Phi) is 3.34. The van der Waals surface area contributed by atoms with Crippen LogP contribution >= 0.6 is 0 Å². The van der Waals surface area contributed by atoms with E-state index in [4.69, 9.17) is 5.11 Å². The molecule has 0 aliphatic carbocycles. The van der Waals surface area contributed by atoms with E-state index in [2.05, 4.69) is 25.0 Å². The van der Waals surface area contributed by atoms with Crippen LogP contribution in [0.2, 0.25) is 0 Å². The molecule has 0 aromatic carbocycles. The summed E-state index contributed by atoms with van der Waals surface area (Å²) in [5.41, 5.74) is 1.21. The van der Waals surface area contributed by atoms with Gasteiger partial charge in [0, 0.05) is 12.4 Å². The lowest BCUT2D eigenvalue weighted by molar-refractivity contribution is 0.0697. The van der Waals surface area contributed by atoms with Crippen molar-refractivity contribution in [2.75, 3.05) is 0 Å². The summed E-state index contributed by atoms with van der Waals surface area (Å²) in [5, 5.41) is 13.0. The van der Waals surface area contributed by atoms with Gasteiger partial charge in [-0.05, 0) is 18.2 Å². The summed E-state index contributed by atoms with van der Waals surface area (Å²) in [5.74, 6) is -0.462. The van der Waals surface area contributed by atoms with Crippen molar-refractivity contribution in [2.24, 2.45) is 0 Å². The van der Waals surface area contributed by atoms with Gasteiger partial charge in [0.1, 0.15) is 19.2 Å². The first-order valence-corrected chi connectivity index (χ1v) is 6.06. The van der Waals surface area contributed by atoms with Crippen LogP contribution in [0.15, 0.2) is 43.2 Å². The van der Waals surface area contributed by atoms with Crippen molar-refractivity contribution in [1.29, 1.82) is 0 Å². The Bertz CT molecular complexity index is 772. The zero-order valence-corrected chi connectivity index (χ0v) is 10.8. The van der Waals surface area contributed by atoms with Gasteiger partial charge in [-0.3, -0.25) is 4.98 Å². The number of carbonyl (C=O) groups is 1. The first-order valence-electron chi connectivity index (χ1n) is 6.06. The molecule has 3 rings (SSSR count). The van der Waals surface area contributed by atoms with Crippen molar-refractivity contribution in [2.45, 2.75) is 6.54 Å². The summed E-state index contributed by atoms with van der Waals surface area (Å²) in [7, 11) is 0. The number of aromatic carboxylic acids is 1. The molecule has 0 radical (unpaired) electrons. The maximum Gasteiger partial charge on any atom is 0.335 e. The molecule has 0 fully saturated rings. The van der Waals surface area contributed by atoms with Crippen molar-refractivity contribution in [3.63, 3.8) is 0 Å². The molecule has 0 aliphatic rings. The fourth-order valence-corrected chi connectivity index (χ4v) is 1.78. The highest BCUT2D eigenvalue weighted by atomic mass is 16.4. The minimum atomic E-state index is -1.00. The molecule has 0 unspecified atom stereocenters. The van der Waals surface area contributed by atoms with Crippen LogP contribution in [0.3, 0.4) is 0 Å². The van der Waals surface area contributed by atoms with Crippen molar-refractivity contribution >= 4 is 5.97 Å². The summed E-state index contributed by atoms with van der Waals surface area (Å²) in [6.07, 6.45) is 6.04. The van der Waals surface area contributed by atoms with Gasteiger partial charge in [0.15, 0.2) is 5.82 Å². The maximum atomic E-state index is 11.0. The van der Waals surface area contributed by atoms with E-state index in [1.54, 1.807) is 23.3 Å². The molecule has 0 bridgehead atoms. The molecule has 8 heteroatoms. The minimum absolute atomic E-state index is 0.163. The van der Waals surface area contributed by atoms with E-state index in [-0.39, 0.29) is 5.56 Å². The lowest BCUT2D eigenvalue weighted by Gasteiger charge is -2.04. The third-order valence-corrected chi connectivity index (χ3v) is 2.74. The van der Waals surface area contributed by atoms with Crippen molar-refractivity contribution < 1.29 is 9.90 Å². The topological polar surface area (TPSA) is 107 Å². The van der Waals surface area contributed by atoms with Gasteiger partial charge >= 0.3 is 5.97 Å². The van der Waals surface area contributed by atoms with E-state index in [1.807, 2.05) is 0 Å². The van der Waals surface area contributed by atoms with Gasteiger partial charge in [-0.1, -0.05) is 0 Å². The molecule has 3 aromatic rings. The first kappa shape index (κ1) is 12.9. The predicted octanol–water partition coefficient (Wildman–Crippen LogP) is 0.877. The quantitative estimate of drug-likeness (QED) is 0.756. The molecule has 21 heavy (non-hydrogen) atoms. The number of hydrogen-bond acceptors (Lipinski definition) is 6. The summed E-state index contributed by atoms with van der Waals surface area (Å²) >= 11 is 0. The monoisotopic (exact) mass is 282 g/mol. The van der Waals surface area contributed by atoms with Gasteiger partial charge in [0.25, 0.3) is 0 Å². The van der Waals surface area contributed by atoms with Gasteiger partial charge in [0.05, 0.1) is 17.0 Å². The molecule has 3 aromatic heterocycles. The molecule has 0 saturated carbocycles. The SMILES string of the molecule is O=C(O)c1ccnc(-c2ccnc(Cn3cncn3)n2)c1. The Morgan fingerprint density at radius 3 is 2.81 bits per heavy atom. The molecule has 1 N–H and O–H groups in total. The number of rotatable bonds is 4. The summed E-state index contributed by atoms with van der Waals surface area (Å²) in [6, 6.07) is 4.59. The van der Waals surface area contributed by atoms with Gasteiger partial charge < -0.3 is 5.11 Å². The number of nitrogens with zero attached hydrogens (tertiary/aromatic N) is 6. The van der Waals surface area contributed by atoms with Crippen molar-refractivity contribution in [1.82, 2.24) is 29.7 Å². The number of hydrogen-bond donors (Lipinski definition) is 1. The van der Waals surface area contributed by atoms with E-state index < -0.39 is 5.97 Å². The number of aromatic nitrogens is 6. The van der Waals surface area contributed by atoms with E-state index in [0.29, 0.717) is 23.8 Å². The molecule has 0 saturated heterocycles. The van der Waals surface area contributed by atoms with Gasteiger partial charge in [-0.25, -0.2) is 24.4 Å². The minimum Gasteiger partial charge on any atom is -0.478 e. The van der Waals surface area contributed by atoms with Crippen molar-refractivity contribution in [3.8, 4) is 11.4 Å². The lowest BCUT2D eigenvalue weighted by atomic mass is 10.2. The second kappa shape index (κ2) is 5.45. The third-order valence-electron chi connectivity index (χ3n) is 2.74. The Morgan fingerprint density at radius 1 is 1.19 bits per heavy atom. The zero-order valence-electron chi connectivity index (χ0n) is 10.8. The van der Waals surface area contributed by atoms with E-state index >= 15 is 0 Å². The molecule has 0 aliphatic heterocycles. The van der Waals surface area contributed by atoms with Gasteiger partial charge in [-0.2, -0.15) is 5.10 Å². The van der Waals surface area contributed by atoms with Gasteiger partial charge in [-0.15, -0.1) is 0 Å². The van der Waals surface area contributed by atoms with Crippen LogP contribution in [0.1, 0.15) is 16.2 Å². The molecule has 8 nitrogen and oxygen atoms in total. The van der Waals surface area contributed by atoms with E-state index in [0.717, 1.165) is 0 Å². The summed E-state index contributed by atoms with van der Waals surface area (Å²) in [4.78, 5) is 27.5. The second-order valence-corrected chi connectivity index (χ2v) is 4.19. The molecule has 3 heterocycles.